The van der Waals surface area contributed by atoms with Gasteiger partial charge in [0.15, 0.2) is 0 Å². The Kier molecular flexibility index (Phi) is 2.26. The molecule has 0 aromatic rings. The van der Waals surface area contributed by atoms with E-state index < -0.39 is 0 Å². The Hall–Kier alpha value is 0.250. The van der Waals surface area contributed by atoms with Crippen LogP contribution in [0.2, 0.25) is 0 Å². The normalized spacial score (nSPS) is 34.8. The van der Waals surface area contributed by atoms with Gasteiger partial charge in [-0.3, -0.25) is 0 Å². The summed E-state index contributed by atoms with van der Waals surface area (Å²) >= 11 is 6.04. The second kappa shape index (κ2) is 2.71. The highest BCUT2D eigenvalue weighted by Crippen LogP contribution is 2.33. The molecule has 0 bridgehead atoms. The van der Waals surface area contributed by atoms with Crippen molar-refractivity contribution in [2.24, 2.45) is 5.41 Å². The molecule has 0 saturated carbocycles. The summed E-state index contributed by atoms with van der Waals surface area (Å²) in [5, 5.41) is 0.222. The number of hydrogen-bond donors (Lipinski definition) is 0. The molecular formula is C8H15ClO. The molecule has 1 saturated heterocycles. The minimum Gasteiger partial charge on any atom is -0.376 e. The molecule has 10 heavy (non-hydrogen) atoms. The third-order valence-corrected chi connectivity index (χ3v) is 2.32. The molecule has 0 N–H and O–H groups in total. The lowest BCUT2D eigenvalue weighted by Crippen LogP contribution is -2.31. The van der Waals surface area contributed by atoms with E-state index >= 15 is 0 Å². The van der Waals surface area contributed by atoms with Crippen molar-refractivity contribution in [3.8, 4) is 0 Å². The summed E-state index contributed by atoms with van der Waals surface area (Å²) in [7, 11) is 0. The van der Waals surface area contributed by atoms with E-state index in [0.29, 0.717) is 0 Å². The summed E-state index contributed by atoms with van der Waals surface area (Å²) in [6, 6.07) is 0. The molecule has 60 valence electrons. The Morgan fingerprint density at radius 3 is 2.20 bits per heavy atom. The van der Waals surface area contributed by atoms with Gasteiger partial charge >= 0.3 is 0 Å². The lowest BCUT2D eigenvalue weighted by atomic mass is 9.87. The molecule has 0 radical (unpaired) electrons. The molecule has 1 fully saturated rings. The van der Waals surface area contributed by atoms with Gasteiger partial charge < -0.3 is 4.74 Å². The quantitative estimate of drug-likeness (QED) is 0.498. The van der Waals surface area contributed by atoms with Crippen molar-refractivity contribution in [2.45, 2.75) is 38.7 Å². The first-order valence-electron chi connectivity index (χ1n) is 3.77. The average Bonchev–Trinajstić information content (AvgIpc) is 2.11. The molecule has 0 unspecified atom stereocenters. The van der Waals surface area contributed by atoms with Crippen LogP contribution in [0.5, 0.6) is 0 Å². The second-order valence-corrected chi connectivity index (χ2v) is 4.52. The van der Waals surface area contributed by atoms with Crippen LogP contribution >= 0.6 is 11.6 Å². The van der Waals surface area contributed by atoms with Crippen LogP contribution in [-0.2, 0) is 4.74 Å². The largest absolute Gasteiger partial charge is 0.376 e. The van der Waals surface area contributed by atoms with Crippen molar-refractivity contribution in [1.82, 2.24) is 0 Å². The molecule has 0 aliphatic carbocycles. The Bertz CT molecular complexity index is 117. The molecule has 0 aromatic carbocycles. The number of hydrogen-bond acceptors (Lipinski definition) is 1. The Labute approximate surface area is 67.7 Å². The molecule has 1 heterocycles. The molecule has 1 rings (SSSR count). The fourth-order valence-corrected chi connectivity index (χ4v) is 1.90. The van der Waals surface area contributed by atoms with Gasteiger partial charge in [0.05, 0.1) is 11.5 Å². The van der Waals surface area contributed by atoms with Gasteiger partial charge in [0, 0.05) is 6.61 Å². The van der Waals surface area contributed by atoms with E-state index in [1.165, 1.54) is 0 Å². The van der Waals surface area contributed by atoms with Crippen molar-refractivity contribution in [2.75, 3.05) is 6.61 Å². The topological polar surface area (TPSA) is 9.23 Å². The summed E-state index contributed by atoms with van der Waals surface area (Å²) in [4.78, 5) is 0. The molecule has 2 atom stereocenters. The fourth-order valence-electron chi connectivity index (χ4n) is 1.36. The fraction of sp³-hybridized carbons (Fsp3) is 1.00. The first-order valence-corrected chi connectivity index (χ1v) is 4.21. The maximum atomic E-state index is 6.04. The number of halogens is 1. The zero-order valence-electron chi connectivity index (χ0n) is 6.86. The molecule has 0 spiro atoms. The highest BCUT2D eigenvalue weighted by Gasteiger charge is 2.35. The highest BCUT2D eigenvalue weighted by atomic mass is 35.5. The van der Waals surface area contributed by atoms with Gasteiger partial charge in [-0.15, -0.1) is 11.6 Å². The number of rotatable bonds is 0. The van der Waals surface area contributed by atoms with Crippen LogP contribution in [0, 0.1) is 5.41 Å². The van der Waals surface area contributed by atoms with Gasteiger partial charge in [0.1, 0.15) is 0 Å². The van der Waals surface area contributed by atoms with Crippen molar-refractivity contribution < 1.29 is 4.74 Å². The van der Waals surface area contributed by atoms with Crippen LogP contribution in [0.1, 0.15) is 27.2 Å². The maximum absolute atomic E-state index is 6.04. The van der Waals surface area contributed by atoms with E-state index in [0.717, 1.165) is 13.0 Å². The van der Waals surface area contributed by atoms with Crippen molar-refractivity contribution in [3.63, 3.8) is 0 Å². The summed E-state index contributed by atoms with van der Waals surface area (Å²) in [5.41, 5.74) is 0.197. The van der Waals surface area contributed by atoms with Crippen LogP contribution in [0.3, 0.4) is 0 Å². The maximum Gasteiger partial charge on any atom is 0.0787 e. The third-order valence-electron chi connectivity index (χ3n) is 1.87. The minimum absolute atomic E-state index is 0.197. The van der Waals surface area contributed by atoms with Crippen LogP contribution in [-0.4, -0.2) is 18.1 Å². The standard InChI is InChI=1S/C8H15ClO/c1-8(2,3)7-6(9)4-5-10-7/h6-7H,4-5H2,1-3H3/t6-,7-/m1/s1. The zero-order chi connectivity index (χ0) is 7.78. The first kappa shape index (κ1) is 8.35. The summed E-state index contributed by atoms with van der Waals surface area (Å²) in [6.07, 6.45) is 1.25. The molecule has 2 heteroatoms. The van der Waals surface area contributed by atoms with E-state index in [2.05, 4.69) is 20.8 Å². The van der Waals surface area contributed by atoms with Gasteiger partial charge in [-0.1, -0.05) is 20.8 Å². The molecule has 0 amide bonds. The average molecular weight is 163 g/mol. The predicted octanol–water partition coefficient (Wildman–Crippen LogP) is 2.43. The summed E-state index contributed by atoms with van der Waals surface area (Å²) < 4.78 is 5.50. The molecule has 1 nitrogen and oxygen atoms in total. The Balaban J connectivity index is 2.55. The van der Waals surface area contributed by atoms with Gasteiger partial charge in [-0.25, -0.2) is 0 Å². The lowest BCUT2D eigenvalue weighted by Gasteiger charge is -2.28. The van der Waals surface area contributed by atoms with E-state index in [4.69, 9.17) is 16.3 Å². The minimum atomic E-state index is 0.197. The highest BCUT2D eigenvalue weighted by molar-refractivity contribution is 6.21. The molecule has 0 aromatic heterocycles. The van der Waals surface area contributed by atoms with Crippen molar-refractivity contribution in [3.05, 3.63) is 0 Å². The van der Waals surface area contributed by atoms with Gasteiger partial charge in [-0.05, 0) is 11.8 Å². The molecule has 1 aliphatic rings. The summed E-state index contributed by atoms with van der Waals surface area (Å²) in [5.74, 6) is 0. The second-order valence-electron chi connectivity index (χ2n) is 3.96. The SMILES string of the molecule is CC(C)(C)[C@@H]1OCC[C@H]1Cl. The van der Waals surface area contributed by atoms with E-state index in [-0.39, 0.29) is 16.9 Å². The summed E-state index contributed by atoms with van der Waals surface area (Å²) in [6.45, 7) is 7.32. The predicted molar refractivity (Wildman–Crippen MR) is 43.5 cm³/mol. The van der Waals surface area contributed by atoms with Crippen LogP contribution in [0.25, 0.3) is 0 Å². The van der Waals surface area contributed by atoms with Crippen LogP contribution < -0.4 is 0 Å². The van der Waals surface area contributed by atoms with E-state index in [1.54, 1.807) is 0 Å². The smallest absolute Gasteiger partial charge is 0.0787 e. The van der Waals surface area contributed by atoms with E-state index in [9.17, 15) is 0 Å². The van der Waals surface area contributed by atoms with Crippen LogP contribution in [0.4, 0.5) is 0 Å². The number of ether oxygens (including phenoxy) is 1. The molecule has 1 aliphatic heterocycles. The molecular weight excluding hydrogens is 148 g/mol. The first-order chi connectivity index (χ1) is 4.52. The number of alkyl halides is 1. The third kappa shape index (κ3) is 1.64. The lowest BCUT2D eigenvalue weighted by molar-refractivity contribution is 0.0306. The van der Waals surface area contributed by atoms with Crippen molar-refractivity contribution in [1.29, 1.82) is 0 Å². The van der Waals surface area contributed by atoms with Gasteiger partial charge in [0.25, 0.3) is 0 Å². The monoisotopic (exact) mass is 162 g/mol. The Morgan fingerprint density at radius 2 is 2.00 bits per heavy atom. The zero-order valence-corrected chi connectivity index (χ0v) is 7.61. The Morgan fingerprint density at radius 1 is 1.40 bits per heavy atom. The van der Waals surface area contributed by atoms with Gasteiger partial charge in [0.2, 0.25) is 0 Å². The van der Waals surface area contributed by atoms with Crippen molar-refractivity contribution >= 4 is 11.6 Å². The van der Waals surface area contributed by atoms with Crippen LogP contribution in [0.15, 0.2) is 0 Å². The van der Waals surface area contributed by atoms with Gasteiger partial charge in [-0.2, -0.15) is 0 Å². The van der Waals surface area contributed by atoms with E-state index in [1.807, 2.05) is 0 Å².